The van der Waals surface area contributed by atoms with Gasteiger partial charge in [-0.2, -0.15) is 5.10 Å². The molecular formula is C14H24N4O2. The molecule has 1 aromatic rings. The van der Waals surface area contributed by atoms with Crippen LogP contribution >= 0.6 is 0 Å². The molecule has 0 aliphatic carbocycles. The third-order valence-corrected chi connectivity index (χ3v) is 3.59. The molecule has 0 unspecified atom stereocenters. The standard InChI is InChI=1S/C14H24N4O2/c1-9(2)13(14-15-10(3)17-18-14)16-12(19)7-6-11-5-4-8-20-11/h9,11,13H,4-8H2,1-3H3,(H,16,19)(H,15,17,18)/t11-,13-/m1/s1. The van der Waals surface area contributed by atoms with E-state index < -0.39 is 0 Å². The summed E-state index contributed by atoms with van der Waals surface area (Å²) in [6.07, 6.45) is 3.73. The quantitative estimate of drug-likeness (QED) is 0.834. The van der Waals surface area contributed by atoms with Gasteiger partial charge in [-0.25, -0.2) is 4.98 Å². The molecule has 1 aromatic heterocycles. The normalized spacial score (nSPS) is 20.3. The Kier molecular flexibility index (Phi) is 5.11. The number of hydrogen-bond acceptors (Lipinski definition) is 4. The lowest BCUT2D eigenvalue weighted by atomic mass is 10.0. The summed E-state index contributed by atoms with van der Waals surface area (Å²) >= 11 is 0. The maximum atomic E-state index is 12.1. The van der Waals surface area contributed by atoms with Gasteiger partial charge in [0.25, 0.3) is 0 Å². The first-order valence-electron chi connectivity index (χ1n) is 7.36. The highest BCUT2D eigenvalue weighted by Gasteiger charge is 2.23. The summed E-state index contributed by atoms with van der Waals surface area (Å²) in [7, 11) is 0. The van der Waals surface area contributed by atoms with E-state index in [1.54, 1.807) is 0 Å². The molecule has 6 nitrogen and oxygen atoms in total. The second kappa shape index (κ2) is 6.83. The van der Waals surface area contributed by atoms with Gasteiger partial charge >= 0.3 is 0 Å². The summed E-state index contributed by atoms with van der Waals surface area (Å²) in [6.45, 7) is 6.79. The van der Waals surface area contributed by atoms with Crippen LogP contribution in [0.1, 0.15) is 57.2 Å². The molecule has 2 atom stereocenters. The molecule has 6 heteroatoms. The fraction of sp³-hybridized carbons (Fsp3) is 0.786. The number of nitrogens with zero attached hydrogens (tertiary/aromatic N) is 2. The van der Waals surface area contributed by atoms with E-state index in [9.17, 15) is 4.79 Å². The zero-order valence-corrected chi connectivity index (χ0v) is 12.5. The highest BCUT2D eigenvalue weighted by atomic mass is 16.5. The van der Waals surface area contributed by atoms with Crippen LogP contribution in [0, 0.1) is 12.8 Å². The number of rotatable bonds is 6. The van der Waals surface area contributed by atoms with E-state index in [2.05, 4.69) is 34.3 Å². The van der Waals surface area contributed by atoms with E-state index >= 15 is 0 Å². The van der Waals surface area contributed by atoms with Crippen molar-refractivity contribution in [3.63, 3.8) is 0 Å². The Balaban J connectivity index is 1.85. The van der Waals surface area contributed by atoms with E-state index in [-0.39, 0.29) is 24.0 Å². The van der Waals surface area contributed by atoms with Crippen molar-refractivity contribution >= 4 is 5.91 Å². The number of aromatic amines is 1. The molecule has 2 heterocycles. The molecule has 1 aliphatic heterocycles. The molecule has 1 amide bonds. The van der Waals surface area contributed by atoms with Crippen LogP contribution < -0.4 is 5.32 Å². The molecular weight excluding hydrogens is 256 g/mol. The number of amides is 1. The molecule has 1 aliphatic rings. The first-order chi connectivity index (χ1) is 9.56. The monoisotopic (exact) mass is 280 g/mol. The van der Waals surface area contributed by atoms with Crippen LogP contribution in [0.5, 0.6) is 0 Å². The number of hydrogen-bond donors (Lipinski definition) is 2. The largest absolute Gasteiger partial charge is 0.378 e. The van der Waals surface area contributed by atoms with E-state index in [1.165, 1.54) is 0 Å². The number of ether oxygens (including phenoxy) is 1. The van der Waals surface area contributed by atoms with Gasteiger partial charge in [-0.15, -0.1) is 0 Å². The Hall–Kier alpha value is -1.43. The summed E-state index contributed by atoms with van der Waals surface area (Å²) < 4.78 is 5.53. The van der Waals surface area contributed by atoms with Gasteiger partial charge in [0.15, 0.2) is 5.82 Å². The van der Waals surface area contributed by atoms with E-state index in [4.69, 9.17) is 4.74 Å². The minimum atomic E-state index is -0.142. The van der Waals surface area contributed by atoms with Crippen LogP contribution in [0.15, 0.2) is 0 Å². The van der Waals surface area contributed by atoms with Crippen molar-refractivity contribution in [1.29, 1.82) is 0 Å². The second-order valence-corrected chi connectivity index (χ2v) is 5.74. The third-order valence-electron chi connectivity index (χ3n) is 3.59. The van der Waals surface area contributed by atoms with Crippen molar-refractivity contribution in [2.75, 3.05) is 6.61 Å². The predicted octanol–water partition coefficient (Wildman–Crippen LogP) is 1.89. The molecule has 2 rings (SSSR count). The first-order valence-corrected chi connectivity index (χ1v) is 7.36. The van der Waals surface area contributed by atoms with Gasteiger partial charge in [-0.1, -0.05) is 13.8 Å². The van der Waals surface area contributed by atoms with Gasteiger partial charge < -0.3 is 10.1 Å². The zero-order chi connectivity index (χ0) is 14.5. The predicted molar refractivity (Wildman–Crippen MR) is 75.0 cm³/mol. The Morgan fingerprint density at radius 1 is 1.55 bits per heavy atom. The summed E-state index contributed by atoms with van der Waals surface area (Å²) in [6, 6.07) is -0.142. The summed E-state index contributed by atoms with van der Waals surface area (Å²) in [5.74, 6) is 1.71. The Morgan fingerprint density at radius 2 is 2.35 bits per heavy atom. The van der Waals surface area contributed by atoms with Crippen molar-refractivity contribution < 1.29 is 9.53 Å². The highest BCUT2D eigenvalue weighted by molar-refractivity contribution is 5.76. The lowest BCUT2D eigenvalue weighted by Crippen LogP contribution is -2.33. The molecule has 2 N–H and O–H groups in total. The molecule has 0 saturated carbocycles. The fourth-order valence-corrected chi connectivity index (χ4v) is 2.44. The van der Waals surface area contributed by atoms with Crippen molar-refractivity contribution in [3.05, 3.63) is 11.6 Å². The number of aromatic nitrogens is 3. The number of carbonyl (C=O) groups excluding carboxylic acids is 1. The van der Waals surface area contributed by atoms with E-state index in [1.807, 2.05) is 6.92 Å². The first kappa shape index (κ1) is 15.0. The van der Waals surface area contributed by atoms with Crippen LogP contribution in [0.4, 0.5) is 0 Å². The van der Waals surface area contributed by atoms with Crippen molar-refractivity contribution in [2.24, 2.45) is 5.92 Å². The summed E-state index contributed by atoms with van der Waals surface area (Å²) in [4.78, 5) is 16.4. The number of carbonyl (C=O) groups is 1. The molecule has 1 fully saturated rings. The molecule has 0 bridgehead atoms. The van der Waals surface area contributed by atoms with Gasteiger partial charge in [0, 0.05) is 13.0 Å². The summed E-state index contributed by atoms with van der Waals surface area (Å²) in [5.41, 5.74) is 0. The third kappa shape index (κ3) is 4.03. The summed E-state index contributed by atoms with van der Waals surface area (Å²) in [5, 5.41) is 10.0. The van der Waals surface area contributed by atoms with Crippen molar-refractivity contribution in [1.82, 2.24) is 20.5 Å². The Labute approximate surface area is 119 Å². The van der Waals surface area contributed by atoms with Crippen LogP contribution in [0.2, 0.25) is 0 Å². The minimum absolute atomic E-state index is 0.0432. The molecule has 0 spiro atoms. The number of aryl methyl sites for hydroxylation is 1. The smallest absolute Gasteiger partial charge is 0.220 e. The van der Waals surface area contributed by atoms with Crippen LogP contribution in [0.3, 0.4) is 0 Å². The van der Waals surface area contributed by atoms with Crippen LogP contribution in [-0.2, 0) is 9.53 Å². The molecule has 1 saturated heterocycles. The maximum absolute atomic E-state index is 12.1. The molecule has 0 radical (unpaired) electrons. The Morgan fingerprint density at radius 3 is 2.90 bits per heavy atom. The van der Waals surface area contributed by atoms with Crippen LogP contribution in [-0.4, -0.2) is 33.8 Å². The lowest BCUT2D eigenvalue weighted by molar-refractivity contribution is -0.122. The van der Waals surface area contributed by atoms with Gasteiger partial charge in [0.2, 0.25) is 5.91 Å². The molecule has 112 valence electrons. The zero-order valence-electron chi connectivity index (χ0n) is 12.5. The average molecular weight is 280 g/mol. The SMILES string of the molecule is Cc1nc([C@H](NC(=O)CC[C@H]2CCCO2)C(C)C)n[nH]1. The fourth-order valence-electron chi connectivity index (χ4n) is 2.44. The highest BCUT2D eigenvalue weighted by Crippen LogP contribution is 2.20. The van der Waals surface area contributed by atoms with Gasteiger partial charge in [0.05, 0.1) is 12.1 Å². The van der Waals surface area contributed by atoms with Crippen molar-refractivity contribution in [2.45, 2.75) is 58.6 Å². The molecule has 0 aromatic carbocycles. The average Bonchev–Trinajstić information content (AvgIpc) is 3.04. The molecule has 20 heavy (non-hydrogen) atoms. The lowest BCUT2D eigenvalue weighted by Gasteiger charge is -2.19. The number of H-pyrrole nitrogens is 1. The minimum Gasteiger partial charge on any atom is -0.378 e. The number of nitrogens with one attached hydrogen (secondary N) is 2. The van der Waals surface area contributed by atoms with Gasteiger partial charge in [0.1, 0.15) is 5.82 Å². The maximum Gasteiger partial charge on any atom is 0.220 e. The second-order valence-electron chi connectivity index (χ2n) is 5.74. The van der Waals surface area contributed by atoms with Crippen molar-refractivity contribution in [3.8, 4) is 0 Å². The Bertz CT molecular complexity index is 438. The van der Waals surface area contributed by atoms with Crippen LogP contribution in [0.25, 0.3) is 0 Å². The van der Waals surface area contributed by atoms with Gasteiger partial charge in [-0.3, -0.25) is 9.89 Å². The van der Waals surface area contributed by atoms with E-state index in [0.717, 1.165) is 31.7 Å². The van der Waals surface area contributed by atoms with E-state index in [0.29, 0.717) is 12.2 Å². The topological polar surface area (TPSA) is 79.9 Å². The van der Waals surface area contributed by atoms with Gasteiger partial charge in [-0.05, 0) is 32.1 Å².